The molecule has 3 rings (SSSR count). The predicted molar refractivity (Wildman–Crippen MR) is 168 cm³/mol. The lowest BCUT2D eigenvalue weighted by Crippen LogP contribution is -2.10. The summed E-state index contributed by atoms with van der Waals surface area (Å²) in [5.41, 5.74) is 4.27. The molecule has 2 N–H and O–H groups in total. The van der Waals surface area contributed by atoms with Crippen molar-refractivity contribution in [3.8, 4) is 0 Å². The zero-order valence-electron chi connectivity index (χ0n) is 23.2. The summed E-state index contributed by atoms with van der Waals surface area (Å²) in [6, 6.07) is 20.2. The average Bonchev–Trinajstić information content (AvgIpc) is 3.45. The third-order valence-corrected chi connectivity index (χ3v) is 5.94. The number of benzene rings is 2. The van der Waals surface area contributed by atoms with Crippen molar-refractivity contribution in [2.75, 3.05) is 10.6 Å². The predicted octanol–water partition coefficient (Wildman–Crippen LogP) is 10.2. The third-order valence-electron chi connectivity index (χ3n) is 4.84. The van der Waals surface area contributed by atoms with Crippen molar-refractivity contribution in [2.24, 2.45) is 5.92 Å². The first-order valence-corrected chi connectivity index (χ1v) is 14.0. The van der Waals surface area contributed by atoms with Crippen LogP contribution in [0.4, 0.5) is 10.8 Å². The van der Waals surface area contributed by atoms with E-state index >= 15 is 0 Å². The molecule has 0 aliphatic carbocycles. The first-order chi connectivity index (χ1) is 17.3. The van der Waals surface area contributed by atoms with E-state index in [0.717, 1.165) is 35.3 Å². The van der Waals surface area contributed by atoms with E-state index in [1.54, 1.807) is 17.5 Å². The van der Waals surface area contributed by atoms with Crippen LogP contribution in [0.2, 0.25) is 0 Å². The van der Waals surface area contributed by atoms with Crippen LogP contribution >= 0.6 is 23.6 Å². The van der Waals surface area contributed by atoms with Crippen LogP contribution in [-0.2, 0) is 6.54 Å². The van der Waals surface area contributed by atoms with E-state index in [9.17, 15) is 0 Å². The molecule has 0 saturated carbocycles. The zero-order valence-corrected chi connectivity index (χ0v) is 24.8. The molecule has 0 saturated heterocycles. The van der Waals surface area contributed by atoms with Crippen LogP contribution in [0.5, 0.6) is 0 Å². The average molecular weight is 524 g/mol. The van der Waals surface area contributed by atoms with E-state index in [1.165, 1.54) is 17.6 Å². The summed E-state index contributed by atoms with van der Waals surface area (Å²) < 4.78 is 0. The van der Waals surface area contributed by atoms with Gasteiger partial charge in [-0.25, -0.2) is 4.98 Å². The van der Waals surface area contributed by atoms with Crippen molar-refractivity contribution in [3.05, 3.63) is 102 Å². The number of aromatic nitrogens is 1. The van der Waals surface area contributed by atoms with Crippen molar-refractivity contribution in [1.29, 1.82) is 0 Å². The molecule has 5 heteroatoms. The Hall–Kier alpha value is -2.76. The third kappa shape index (κ3) is 16.8. The van der Waals surface area contributed by atoms with Crippen LogP contribution in [0.3, 0.4) is 0 Å². The largest absolute Gasteiger partial charge is 0.357 e. The number of anilines is 2. The lowest BCUT2D eigenvalue weighted by Gasteiger charge is -2.10. The van der Waals surface area contributed by atoms with Gasteiger partial charge in [0, 0.05) is 29.4 Å². The van der Waals surface area contributed by atoms with Crippen LogP contribution < -0.4 is 10.6 Å². The molecule has 0 aliphatic heterocycles. The highest BCUT2D eigenvalue weighted by Gasteiger charge is 2.02. The van der Waals surface area contributed by atoms with E-state index in [-0.39, 0.29) is 0 Å². The summed E-state index contributed by atoms with van der Waals surface area (Å²) in [6.45, 7) is 19.6. The fraction of sp³-hybridized carbons (Fsp3) is 0.355. The van der Waals surface area contributed by atoms with Crippen LogP contribution in [0, 0.1) is 5.92 Å². The number of thiocarbonyl (C=S) groups is 1. The van der Waals surface area contributed by atoms with Crippen LogP contribution in [-0.4, -0.2) is 9.97 Å². The van der Waals surface area contributed by atoms with E-state index in [1.807, 2.05) is 73.8 Å². The van der Waals surface area contributed by atoms with Crippen molar-refractivity contribution in [2.45, 2.75) is 67.9 Å². The zero-order chi connectivity index (χ0) is 27.2. The van der Waals surface area contributed by atoms with Gasteiger partial charge in [-0.1, -0.05) is 127 Å². The van der Waals surface area contributed by atoms with Crippen LogP contribution in [0.15, 0.2) is 96.0 Å². The van der Waals surface area contributed by atoms with E-state index in [0.29, 0.717) is 4.99 Å². The molecule has 0 fully saturated rings. The molecule has 36 heavy (non-hydrogen) atoms. The van der Waals surface area contributed by atoms with Gasteiger partial charge in [0.05, 0.1) is 0 Å². The molecule has 2 aromatic carbocycles. The number of thiazole rings is 1. The molecule has 3 nitrogen and oxygen atoms in total. The Bertz CT molecular complexity index is 934. The molecule has 196 valence electrons. The smallest absolute Gasteiger partial charge is 0.182 e. The molecule has 0 amide bonds. The van der Waals surface area contributed by atoms with Gasteiger partial charge in [0.2, 0.25) is 0 Å². The molecular weight excluding hydrogens is 478 g/mol. The summed E-state index contributed by atoms with van der Waals surface area (Å²) in [5.74, 6) is 0.884. The number of nitrogens with zero attached hydrogens (tertiary/aromatic N) is 1. The van der Waals surface area contributed by atoms with Crippen molar-refractivity contribution in [3.63, 3.8) is 0 Å². The maximum atomic E-state index is 5.39. The standard InChI is InChI=1S/C18H21N3S2.C6H6.C5H12.C2H6/c1-4-13(2)11-14(3)17(22)21-16-7-5-15(6-8-16)12-20-18-19-9-10-23-18;1-2-4-6-5-3-1;1-4-5(2)3;1-2/h5-11H,3-4,12H2,1-2H3,(H,19,20)(H,21,22);1-6H;5H,4H2,1-3H3;1-2H3/b13-11-;;;. The molecule has 0 bridgehead atoms. The van der Waals surface area contributed by atoms with Crippen molar-refractivity contribution >= 4 is 39.4 Å². The van der Waals surface area contributed by atoms with Crippen LogP contribution in [0.25, 0.3) is 0 Å². The Morgan fingerprint density at radius 2 is 1.56 bits per heavy atom. The number of hydrogen-bond acceptors (Lipinski definition) is 4. The Labute approximate surface area is 229 Å². The fourth-order valence-electron chi connectivity index (χ4n) is 2.26. The molecule has 3 aromatic rings. The second-order valence-electron chi connectivity index (χ2n) is 8.17. The first-order valence-electron chi connectivity index (χ1n) is 12.7. The maximum Gasteiger partial charge on any atom is 0.182 e. The van der Waals surface area contributed by atoms with E-state index < -0.39 is 0 Å². The number of nitrogens with one attached hydrogen (secondary N) is 2. The van der Waals surface area contributed by atoms with Crippen molar-refractivity contribution < 1.29 is 0 Å². The van der Waals surface area contributed by atoms with Gasteiger partial charge >= 0.3 is 0 Å². The van der Waals surface area contributed by atoms with E-state index in [4.69, 9.17) is 12.2 Å². The topological polar surface area (TPSA) is 37.0 Å². The first kappa shape index (κ1) is 33.2. The monoisotopic (exact) mass is 523 g/mol. The van der Waals surface area contributed by atoms with Gasteiger partial charge in [-0.15, -0.1) is 11.3 Å². The normalized spacial score (nSPS) is 9.94. The lowest BCUT2D eigenvalue weighted by atomic mass is 10.1. The molecular formula is C31H45N3S2. The quantitative estimate of drug-likeness (QED) is 0.175. The Morgan fingerprint density at radius 3 is 1.97 bits per heavy atom. The van der Waals surface area contributed by atoms with Gasteiger partial charge in [0.25, 0.3) is 0 Å². The van der Waals surface area contributed by atoms with Gasteiger partial charge in [0.15, 0.2) is 5.13 Å². The molecule has 0 spiro atoms. The Morgan fingerprint density at radius 1 is 1.03 bits per heavy atom. The molecule has 0 atom stereocenters. The summed E-state index contributed by atoms with van der Waals surface area (Å²) >= 11 is 6.99. The highest BCUT2D eigenvalue weighted by atomic mass is 32.1. The second-order valence-corrected chi connectivity index (χ2v) is 9.47. The Balaban J connectivity index is 0.000000772. The summed E-state index contributed by atoms with van der Waals surface area (Å²) in [4.78, 5) is 4.86. The summed E-state index contributed by atoms with van der Waals surface area (Å²) in [6.07, 6.45) is 6.13. The number of hydrogen-bond donors (Lipinski definition) is 2. The molecule has 0 aliphatic rings. The lowest BCUT2D eigenvalue weighted by molar-refractivity contribution is 0.626. The Kier molecular flexibility index (Phi) is 19.9. The minimum atomic E-state index is 0.659. The highest BCUT2D eigenvalue weighted by Crippen LogP contribution is 2.15. The highest BCUT2D eigenvalue weighted by molar-refractivity contribution is 7.81. The summed E-state index contributed by atoms with van der Waals surface area (Å²) in [5, 5.41) is 9.40. The number of rotatable bonds is 8. The van der Waals surface area contributed by atoms with Crippen molar-refractivity contribution in [1.82, 2.24) is 4.98 Å². The minimum Gasteiger partial charge on any atom is -0.357 e. The van der Waals surface area contributed by atoms with Gasteiger partial charge in [-0.2, -0.15) is 0 Å². The molecule has 1 heterocycles. The molecule has 1 aromatic heterocycles. The maximum absolute atomic E-state index is 5.39. The van der Waals surface area contributed by atoms with Gasteiger partial charge in [-0.3, -0.25) is 0 Å². The summed E-state index contributed by atoms with van der Waals surface area (Å²) in [7, 11) is 0. The fourth-order valence-corrected chi connectivity index (χ4v) is 2.96. The molecule has 0 unspecified atom stereocenters. The van der Waals surface area contributed by atoms with Gasteiger partial charge < -0.3 is 10.6 Å². The molecule has 0 radical (unpaired) electrons. The SMILES string of the molecule is C=C(/C=C(/C)CC)C(=S)Nc1ccc(CNc2nccs2)cc1.CC.CCC(C)C.c1ccccc1. The number of allylic oxidation sites excluding steroid dienone is 1. The van der Waals surface area contributed by atoms with Gasteiger partial charge in [0.1, 0.15) is 4.99 Å². The minimum absolute atomic E-state index is 0.659. The van der Waals surface area contributed by atoms with E-state index in [2.05, 4.69) is 68.9 Å². The van der Waals surface area contributed by atoms with Crippen LogP contribution in [0.1, 0.15) is 66.9 Å². The van der Waals surface area contributed by atoms with Gasteiger partial charge in [-0.05, 0) is 37.0 Å². The second kappa shape index (κ2) is 21.5.